The Hall–Kier alpha value is 0.797. The number of rotatable bonds is 4. The molecular formula is C9H20Cl2Si. The van der Waals surface area contributed by atoms with Crippen LogP contribution < -0.4 is 0 Å². The molecule has 0 bridgehead atoms. The zero-order chi connectivity index (χ0) is 9.78. The van der Waals surface area contributed by atoms with Gasteiger partial charge in [-0.25, -0.2) is 0 Å². The molecule has 0 N–H and O–H groups in total. The van der Waals surface area contributed by atoms with Crippen LogP contribution in [-0.2, 0) is 0 Å². The maximum atomic E-state index is 5.72. The van der Waals surface area contributed by atoms with E-state index in [1.807, 2.05) is 0 Å². The first-order valence-corrected chi connectivity index (χ1v) is 7.28. The predicted molar refractivity (Wildman–Crippen MR) is 62.1 cm³/mol. The van der Waals surface area contributed by atoms with Gasteiger partial charge in [0, 0.05) is 0 Å². The van der Waals surface area contributed by atoms with E-state index in [9.17, 15) is 0 Å². The van der Waals surface area contributed by atoms with Gasteiger partial charge < -0.3 is 0 Å². The van der Waals surface area contributed by atoms with Gasteiger partial charge in [-0.3, -0.25) is 0 Å². The molecule has 0 aromatic rings. The fourth-order valence-corrected chi connectivity index (χ4v) is 3.34. The topological polar surface area (TPSA) is 0 Å². The van der Waals surface area contributed by atoms with Crippen molar-refractivity contribution in [3.63, 3.8) is 0 Å². The average Bonchev–Trinajstić information content (AvgIpc) is 1.79. The van der Waals surface area contributed by atoms with Crippen molar-refractivity contribution in [3.05, 3.63) is 0 Å². The molecule has 1 atom stereocenters. The summed E-state index contributed by atoms with van der Waals surface area (Å²) in [4.78, 5) is 0. The Labute approximate surface area is 88.8 Å². The average molecular weight is 227 g/mol. The molecule has 0 heterocycles. The summed E-state index contributed by atoms with van der Waals surface area (Å²) in [6.07, 6.45) is 1.28. The van der Waals surface area contributed by atoms with Gasteiger partial charge in [-0.05, 0) is 17.8 Å². The van der Waals surface area contributed by atoms with Gasteiger partial charge in [0.25, 0.3) is 0 Å². The SMILES string of the molecule is CC(C[SiH2]C(Cl)Cl)CC(C)(C)C. The second-order valence-corrected chi connectivity index (χ2v) is 9.12. The lowest BCUT2D eigenvalue weighted by atomic mass is 9.86. The van der Waals surface area contributed by atoms with Gasteiger partial charge in [-0.1, -0.05) is 33.7 Å². The Bertz CT molecular complexity index is 118. The zero-order valence-corrected chi connectivity index (χ0v) is 11.5. The largest absolute Gasteiger partial charge is 0.110 e. The molecule has 74 valence electrons. The molecule has 0 fully saturated rings. The highest BCUT2D eigenvalue weighted by molar-refractivity contribution is 6.68. The fourth-order valence-electron chi connectivity index (χ4n) is 1.56. The molecule has 0 aliphatic carbocycles. The third-order valence-electron chi connectivity index (χ3n) is 1.84. The second kappa shape index (κ2) is 5.51. The van der Waals surface area contributed by atoms with Gasteiger partial charge >= 0.3 is 0 Å². The van der Waals surface area contributed by atoms with Gasteiger partial charge in [0.05, 0.1) is 14.0 Å². The third-order valence-corrected chi connectivity index (χ3v) is 4.90. The van der Waals surface area contributed by atoms with Crippen LogP contribution in [-0.4, -0.2) is 14.0 Å². The second-order valence-electron chi connectivity index (χ2n) is 4.84. The van der Waals surface area contributed by atoms with E-state index in [1.165, 1.54) is 12.5 Å². The lowest BCUT2D eigenvalue weighted by Crippen LogP contribution is -2.14. The van der Waals surface area contributed by atoms with Crippen LogP contribution in [0.5, 0.6) is 0 Å². The summed E-state index contributed by atoms with van der Waals surface area (Å²) in [6.45, 7) is 9.15. The van der Waals surface area contributed by atoms with Crippen LogP contribution >= 0.6 is 23.2 Å². The van der Waals surface area contributed by atoms with E-state index in [4.69, 9.17) is 23.2 Å². The van der Waals surface area contributed by atoms with Gasteiger partial charge in [-0.15, -0.1) is 23.2 Å². The first-order chi connectivity index (χ1) is 5.31. The normalized spacial score (nSPS) is 16.2. The van der Waals surface area contributed by atoms with Crippen LogP contribution in [0.1, 0.15) is 34.1 Å². The predicted octanol–water partition coefficient (Wildman–Crippen LogP) is 3.41. The first kappa shape index (κ1) is 12.8. The van der Waals surface area contributed by atoms with E-state index in [1.54, 1.807) is 0 Å². The lowest BCUT2D eigenvalue weighted by Gasteiger charge is -2.23. The van der Waals surface area contributed by atoms with Crippen molar-refractivity contribution in [1.29, 1.82) is 0 Å². The number of halogens is 2. The Balaban J connectivity index is 3.53. The molecule has 3 heteroatoms. The summed E-state index contributed by atoms with van der Waals surface area (Å²) in [5.41, 5.74) is 0.446. The quantitative estimate of drug-likeness (QED) is 0.510. The van der Waals surface area contributed by atoms with E-state index in [-0.39, 0.29) is 14.0 Å². The Morgan fingerprint density at radius 1 is 1.25 bits per heavy atom. The van der Waals surface area contributed by atoms with Crippen molar-refractivity contribution in [2.45, 2.75) is 44.6 Å². The van der Waals surface area contributed by atoms with Crippen molar-refractivity contribution in [3.8, 4) is 0 Å². The highest BCUT2D eigenvalue weighted by atomic mass is 35.5. The third kappa shape index (κ3) is 8.89. The smallest absolute Gasteiger partial charge is 0.0908 e. The Morgan fingerprint density at radius 2 is 1.75 bits per heavy atom. The van der Waals surface area contributed by atoms with Crippen LogP contribution in [0.25, 0.3) is 0 Å². The lowest BCUT2D eigenvalue weighted by molar-refractivity contribution is 0.320. The molecule has 1 unspecified atom stereocenters. The molecule has 0 rings (SSSR count). The van der Waals surface area contributed by atoms with Crippen LogP contribution in [0.4, 0.5) is 0 Å². The standard InChI is InChI=1S/C9H20Cl2Si/c1-7(5-9(2,3)4)6-12-8(10)11/h7-8H,5-6,12H2,1-4H3. The van der Waals surface area contributed by atoms with Crippen molar-refractivity contribution in [2.24, 2.45) is 11.3 Å². The molecule has 0 nitrogen and oxygen atoms in total. The van der Waals surface area contributed by atoms with Crippen LogP contribution in [0.3, 0.4) is 0 Å². The molecule has 0 aromatic carbocycles. The molecule has 0 aliphatic rings. The van der Waals surface area contributed by atoms with Crippen LogP contribution in [0.2, 0.25) is 6.04 Å². The fraction of sp³-hybridized carbons (Fsp3) is 1.00. The molecule has 0 radical (unpaired) electrons. The molecule has 0 spiro atoms. The number of hydrogen-bond acceptors (Lipinski definition) is 0. The molecular weight excluding hydrogens is 207 g/mol. The molecule has 0 amide bonds. The van der Waals surface area contributed by atoms with Gasteiger partial charge in [0.15, 0.2) is 0 Å². The minimum atomic E-state index is -0.239. The minimum Gasteiger partial charge on any atom is -0.110 e. The highest BCUT2D eigenvalue weighted by Gasteiger charge is 2.15. The maximum absolute atomic E-state index is 5.72. The molecule has 12 heavy (non-hydrogen) atoms. The summed E-state index contributed by atoms with van der Waals surface area (Å²) < 4.78 is -0.0487. The van der Waals surface area contributed by atoms with Crippen LogP contribution in [0, 0.1) is 11.3 Å². The monoisotopic (exact) mass is 226 g/mol. The van der Waals surface area contributed by atoms with E-state index in [2.05, 4.69) is 27.7 Å². The maximum Gasteiger partial charge on any atom is 0.0908 e. The zero-order valence-electron chi connectivity index (χ0n) is 8.53. The van der Waals surface area contributed by atoms with E-state index < -0.39 is 0 Å². The molecule has 0 saturated heterocycles. The molecule has 0 saturated carbocycles. The molecule has 0 aliphatic heterocycles. The van der Waals surface area contributed by atoms with Crippen molar-refractivity contribution >= 4 is 32.7 Å². The Morgan fingerprint density at radius 3 is 2.08 bits per heavy atom. The highest BCUT2D eigenvalue weighted by Crippen LogP contribution is 2.26. The summed E-state index contributed by atoms with van der Waals surface area (Å²) in [6, 6.07) is 1.27. The van der Waals surface area contributed by atoms with Crippen molar-refractivity contribution in [1.82, 2.24) is 0 Å². The summed E-state index contributed by atoms with van der Waals surface area (Å²) >= 11 is 11.4. The summed E-state index contributed by atoms with van der Waals surface area (Å²) in [5.74, 6) is 0.789. The van der Waals surface area contributed by atoms with Gasteiger partial charge in [0.2, 0.25) is 0 Å². The van der Waals surface area contributed by atoms with E-state index in [0.717, 1.165) is 5.92 Å². The van der Waals surface area contributed by atoms with E-state index in [0.29, 0.717) is 5.41 Å². The van der Waals surface area contributed by atoms with Gasteiger partial charge in [0.1, 0.15) is 0 Å². The molecule has 0 aromatic heterocycles. The van der Waals surface area contributed by atoms with E-state index >= 15 is 0 Å². The Kier molecular flexibility index (Phi) is 5.88. The summed E-state index contributed by atoms with van der Waals surface area (Å²) in [7, 11) is -0.239. The van der Waals surface area contributed by atoms with Crippen LogP contribution in [0.15, 0.2) is 0 Å². The number of alkyl halides is 2. The first-order valence-electron chi connectivity index (χ1n) is 4.59. The minimum absolute atomic E-state index is 0.0487. The summed E-state index contributed by atoms with van der Waals surface area (Å²) in [5, 5.41) is 0. The van der Waals surface area contributed by atoms with Crippen molar-refractivity contribution in [2.75, 3.05) is 0 Å². The van der Waals surface area contributed by atoms with Crippen molar-refractivity contribution < 1.29 is 0 Å². The number of hydrogen-bond donors (Lipinski definition) is 0. The van der Waals surface area contributed by atoms with Gasteiger partial charge in [-0.2, -0.15) is 0 Å².